The third-order valence-corrected chi connectivity index (χ3v) is 4.80. The Morgan fingerprint density at radius 1 is 1.52 bits per heavy atom. The third kappa shape index (κ3) is 3.76. The number of carbonyl (C=O) groups excluding carboxylic acids is 1. The maximum Gasteiger partial charge on any atom is 0.270 e. The van der Waals surface area contributed by atoms with Gasteiger partial charge in [0.05, 0.1) is 16.5 Å². The molecule has 8 heteroatoms. The van der Waals surface area contributed by atoms with Crippen molar-refractivity contribution >= 4 is 45.5 Å². The fraction of sp³-hybridized carbons (Fsp3) is 0.231. The summed E-state index contributed by atoms with van der Waals surface area (Å²) in [7, 11) is 0. The Balaban J connectivity index is 2.20. The predicted octanol–water partition coefficient (Wildman–Crippen LogP) is 3.46. The van der Waals surface area contributed by atoms with Gasteiger partial charge in [0, 0.05) is 26.8 Å². The molecule has 1 atom stereocenters. The number of hydrogen-bond acceptors (Lipinski definition) is 5. The number of benzene rings is 1. The molecule has 1 aromatic carbocycles. The van der Waals surface area contributed by atoms with Crippen molar-refractivity contribution in [2.24, 2.45) is 0 Å². The van der Waals surface area contributed by atoms with Gasteiger partial charge in [-0.1, -0.05) is 0 Å². The SMILES string of the molecule is Cc1cnc(C(C)NC(=O)c2cc([N+](=O)[O-])ccc2I)s1. The van der Waals surface area contributed by atoms with Gasteiger partial charge in [0.25, 0.3) is 11.6 Å². The number of aromatic nitrogens is 1. The molecule has 0 spiro atoms. The molecule has 1 heterocycles. The number of aryl methyl sites for hydroxylation is 1. The summed E-state index contributed by atoms with van der Waals surface area (Å²) in [6.45, 7) is 3.78. The van der Waals surface area contributed by atoms with Crippen molar-refractivity contribution in [2.45, 2.75) is 19.9 Å². The fourth-order valence-corrected chi connectivity index (χ4v) is 3.07. The Morgan fingerprint density at radius 2 is 2.24 bits per heavy atom. The normalized spacial score (nSPS) is 12.0. The molecule has 0 saturated carbocycles. The zero-order chi connectivity index (χ0) is 15.6. The number of nitro benzene ring substituents is 1. The second-order valence-corrected chi connectivity index (χ2v) is 6.85. The molecule has 1 aromatic heterocycles. The van der Waals surface area contributed by atoms with Crippen LogP contribution in [0.1, 0.15) is 33.2 Å². The van der Waals surface area contributed by atoms with E-state index in [2.05, 4.69) is 10.3 Å². The molecule has 2 rings (SSSR count). The lowest BCUT2D eigenvalue weighted by Gasteiger charge is -2.12. The standard InChI is InChI=1S/C13H12IN3O3S/c1-7-6-15-13(21-7)8(2)16-12(18)10-5-9(17(19)20)3-4-11(10)14/h3-6,8H,1-2H3,(H,16,18). The first-order chi connectivity index (χ1) is 9.88. The summed E-state index contributed by atoms with van der Waals surface area (Å²) in [6, 6.07) is 3.99. The van der Waals surface area contributed by atoms with Gasteiger partial charge in [-0.25, -0.2) is 4.98 Å². The maximum absolute atomic E-state index is 12.3. The largest absolute Gasteiger partial charge is 0.343 e. The molecular weight excluding hydrogens is 405 g/mol. The fourth-order valence-electron chi connectivity index (χ4n) is 1.71. The Morgan fingerprint density at radius 3 is 2.81 bits per heavy atom. The molecule has 2 aromatic rings. The van der Waals surface area contributed by atoms with Crippen LogP contribution in [-0.4, -0.2) is 15.8 Å². The quantitative estimate of drug-likeness (QED) is 0.469. The second-order valence-electron chi connectivity index (χ2n) is 4.43. The van der Waals surface area contributed by atoms with E-state index < -0.39 is 4.92 Å². The van der Waals surface area contributed by atoms with Crippen LogP contribution in [0, 0.1) is 20.6 Å². The summed E-state index contributed by atoms with van der Waals surface area (Å²) in [6.07, 6.45) is 1.75. The lowest BCUT2D eigenvalue weighted by atomic mass is 10.2. The van der Waals surface area contributed by atoms with Crippen LogP contribution in [-0.2, 0) is 0 Å². The summed E-state index contributed by atoms with van der Waals surface area (Å²) in [5.41, 5.74) is 0.197. The number of thiazole rings is 1. The minimum atomic E-state index is -0.513. The molecular formula is C13H12IN3O3S. The molecule has 6 nitrogen and oxygen atoms in total. The molecule has 110 valence electrons. The number of hydrogen-bond donors (Lipinski definition) is 1. The zero-order valence-electron chi connectivity index (χ0n) is 11.3. The van der Waals surface area contributed by atoms with Crippen molar-refractivity contribution in [3.63, 3.8) is 0 Å². The number of carbonyl (C=O) groups is 1. The van der Waals surface area contributed by atoms with Crippen molar-refractivity contribution in [1.29, 1.82) is 0 Å². The van der Waals surface area contributed by atoms with Gasteiger partial charge in [0.2, 0.25) is 0 Å². The highest BCUT2D eigenvalue weighted by molar-refractivity contribution is 14.1. The first kappa shape index (κ1) is 15.8. The van der Waals surface area contributed by atoms with E-state index >= 15 is 0 Å². The molecule has 0 fully saturated rings. The molecule has 0 aliphatic rings. The topological polar surface area (TPSA) is 85.1 Å². The average Bonchev–Trinajstić information content (AvgIpc) is 2.85. The van der Waals surface area contributed by atoms with Crippen LogP contribution in [0.15, 0.2) is 24.4 Å². The number of nitrogens with zero attached hydrogens (tertiary/aromatic N) is 2. The Hall–Kier alpha value is -1.55. The Kier molecular flexibility index (Phi) is 4.88. The van der Waals surface area contributed by atoms with Crippen molar-refractivity contribution in [3.8, 4) is 0 Å². The average molecular weight is 417 g/mol. The van der Waals surface area contributed by atoms with Crippen LogP contribution in [0.4, 0.5) is 5.69 Å². The summed E-state index contributed by atoms with van der Waals surface area (Å²) >= 11 is 3.49. The van der Waals surface area contributed by atoms with Crippen molar-refractivity contribution in [3.05, 3.63) is 53.5 Å². The highest BCUT2D eigenvalue weighted by Crippen LogP contribution is 2.22. The molecule has 0 saturated heterocycles. The first-order valence-corrected chi connectivity index (χ1v) is 7.95. The highest BCUT2D eigenvalue weighted by Gasteiger charge is 2.18. The van der Waals surface area contributed by atoms with E-state index in [1.165, 1.54) is 23.5 Å². The van der Waals surface area contributed by atoms with Crippen LogP contribution in [0.25, 0.3) is 0 Å². The van der Waals surface area contributed by atoms with Crippen molar-refractivity contribution in [1.82, 2.24) is 10.3 Å². The van der Waals surface area contributed by atoms with Gasteiger partial charge in [0.1, 0.15) is 5.01 Å². The summed E-state index contributed by atoms with van der Waals surface area (Å²) < 4.78 is 0.665. The number of nitro groups is 1. The van der Waals surface area contributed by atoms with Crippen molar-refractivity contribution < 1.29 is 9.72 Å². The summed E-state index contributed by atoms with van der Waals surface area (Å²) in [5, 5.41) is 14.4. The minimum absolute atomic E-state index is 0.0988. The highest BCUT2D eigenvalue weighted by atomic mass is 127. The number of nitrogens with one attached hydrogen (secondary N) is 1. The van der Waals surface area contributed by atoms with Gasteiger partial charge >= 0.3 is 0 Å². The van der Waals surface area contributed by atoms with Gasteiger partial charge in [-0.05, 0) is 42.5 Å². The van der Waals surface area contributed by atoms with Gasteiger partial charge in [-0.15, -0.1) is 11.3 Å². The number of amides is 1. The molecule has 1 N–H and O–H groups in total. The van der Waals surface area contributed by atoms with Crippen LogP contribution < -0.4 is 5.32 Å². The van der Waals surface area contributed by atoms with Gasteiger partial charge < -0.3 is 5.32 Å². The minimum Gasteiger partial charge on any atom is -0.343 e. The Bertz CT molecular complexity index is 702. The van der Waals surface area contributed by atoms with Crippen molar-refractivity contribution in [2.75, 3.05) is 0 Å². The van der Waals surface area contributed by atoms with E-state index in [0.717, 1.165) is 9.88 Å². The smallest absolute Gasteiger partial charge is 0.270 e. The maximum atomic E-state index is 12.3. The van der Waals surface area contributed by atoms with E-state index in [0.29, 0.717) is 9.13 Å². The van der Waals surface area contributed by atoms with Gasteiger partial charge in [0.15, 0.2) is 0 Å². The monoisotopic (exact) mass is 417 g/mol. The van der Waals surface area contributed by atoms with Crippen LogP contribution in [0.5, 0.6) is 0 Å². The van der Waals surface area contributed by atoms with Crippen LogP contribution >= 0.6 is 33.9 Å². The lowest BCUT2D eigenvalue weighted by Crippen LogP contribution is -2.27. The van der Waals surface area contributed by atoms with E-state index in [9.17, 15) is 14.9 Å². The zero-order valence-corrected chi connectivity index (χ0v) is 14.3. The number of halogens is 1. The molecule has 0 aliphatic heterocycles. The third-order valence-electron chi connectivity index (χ3n) is 2.76. The Labute approximate surface area is 138 Å². The molecule has 0 bridgehead atoms. The molecule has 0 aliphatic carbocycles. The molecule has 0 radical (unpaired) electrons. The lowest BCUT2D eigenvalue weighted by molar-refractivity contribution is -0.384. The predicted molar refractivity (Wildman–Crippen MR) is 88.5 cm³/mol. The molecule has 21 heavy (non-hydrogen) atoms. The summed E-state index contributed by atoms with van der Waals surface area (Å²) in [5.74, 6) is -0.344. The number of non-ortho nitro benzene ring substituents is 1. The molecule has 1 amide bonds. The number of rotatable bonds is 4. The van der Waals surface area contributed by atoms with E-state index in [-0.39, 0.29) is 17.6 Å². The van der Waals surface area contributed by atoms with E-state index in [4.69, 9.17) is 0 Å². The first-order valence-electron chi connectivity index (χ1n) is 6.05. The van der Waals surface area contributed by atoms with Crippen LogP contribution in [0.2, 0.25) is 0 Å². The van der Waals surface area contributed by atoms with Gasteiger partial charge in [-0.2, -0.15) is 0 Å². The summed E-state index contributed by atoms with van der Waals surface area (Å²) in [4.78, 5) is 27.8. The van der Waals surface area contributed by atoms with E-state index in [1.54, 1.807) is 12.3 Å². The second kappa shape index (κ2) is 6.48. The van der Waals surface area contributed by atoms with Gasteiger partial charge in [-0.3, -0.25) is 14.9 Å². The van der Waals surface area contributed by atoms with Crippen LogP contribution in [0.3, 0.4) is 0 Å². The molecule has 1 unspecified atom stereocenters. The van der Waals surface area contributed by atoms with E-state index in [1.807, 2.05) is 36.4 Å².